The zero-order valence-corrected chi connectivity index (χ0v) is 7.84. The summed E-state index contributed by atoms with van der Waals surface area (Å²) < 4.78 is 0. The van der Waals surface area contributed by atoms with Crippen LogP contribution in [-0.2, 0) is 4.79 Å². The van der Waals surface area contributed by atoms with Crippen molar-refractivity contribution < 1.29 is 14.8 Å². The van der Waals surface area contributed by atoms with Crippen LogP contribution in [-0.4, -0.2) is 22.5 Å². The van der Waals surface area contributed by atoms with Crippen molar-refractivity contribution in [3.8, 4) is 5.75 Å². The van der Waals surface area contributed by atoms with Gasteiger partial charge in [-0.1, -0.05) is 0 Å². The maximum atomic E-state index is 11.1. The van der Waals surface area contributed by atoms with E-state index in [0.717, 1.165) is 0 Å². The van der Waals surface area contributed by atoms with Crippen molar-refractivity contribution in [3.05, 3.63) is 34.4 Å². The Bertz CT molecular complexity index is 361. The maximum Gasteiger partial charge on any atom is 0.230 e. The van der Waals surface area contributed by atoms with Crippen LogP contribution in [0, 0.1) is 10.1 Å². The number of carbonyl (C=O) groups excluding carboxylic acids is 1. The molecule has 80 valence electrons. The topological polar surface area (TPSA) is 92.5 Å². The molecule has 2 N–H and O–H groups in total. The second kappa shape index (κ2) is 4.94. The highest BCUT2D eigenvalue weighted by atomic mass is 16.6. The molecule has 6 nitrogen and oxygen atoms in total. The lowest BCUT2D eigenvalue weighted by molar-refractivity contribution is -0.478. The molecular weight excluding hydrogens is 200 g/mol. The first-order valence-corrected chi connectivity index (χ1v) is 4.28. The molecule has 6 heteroatoms. The predicted molar refractivity (Wildman–Crippen MR) is 53.2 cm³/mol. The van der Waals surface area contributed by atoms with Gasteiger partial charge in [-0.3, -0.25) is 14.9 Å². The van der Waals surface area contributed by atoms with E-state index < -0.39 is 10.8 Å². The number of hydrogen-bond donors (Lipinski definition) is 2. The van der Waals surface area contributed by atoms with Crippen LogP contribution < -0.4 is 5.32 Å². The first-order valence-electron chi connectivity index (χ1n) is 4.28. The number of carbonyl (C=O) groups is 1. The fourth-order valence-corrected chi connectivity index (χ4v) is 0.961. The van der Waals surface area contributed by atoms with Crippen LogP contribution in [0.5, 0.6) is 5.75 Å². The van der Waals surface area contributed by atoms with E-state index in [2.05, 4.69) is 5.32 Å². The van der Waals surface area contributed by atoms with E-state index in [4.69, 9.17) is 5.11 Å². The average molecular weight is 210 g/mol. The summed E-state index contributed by atoms with van der Waals surface area (Å²) in [5.74, 6) is -0.323. The number of nitro groups is 1. The normalized spacial score (nSPS) is 9.60. The van der Waals surface area contributed by atoms with E-state index in [1.807, 2.05) is 0 Å². The van der Waals surface area contributed by atoms with Gasteiger partial charge in [-0.2, -0.15) is 0 Å². The number of nitrogens with one attached hydrogen (secondary N) is 1. The summed E-state index contributed by atoms with van der Waals surface area (Å²) in [7, 11) is 0. The number of phenols is 1. The zero-order valence-electron chi connectivity index (χ0n) is 7.84. The zero-order chi connectivity index (χ0) is 11.3. The van der Waals surface area contributed by atoms with Gasteiger partial charge in [0.25, 0.3) is 0 Å². The Morgan fingerprint density at radius 1 is 1.40 bits per heavy atom. The Morgan fingerprint density at radius 2 is 2.00 bits per heavy atom. The molecule has 0 saturated heterocycles. The van der Waals surface area contributed by atoms with Gasteiger partial charge in [0.1, 0.15) is 5.75 Å². The molecular formula is C9H10N2O4. The minimum Gasteiger partial charge on any atom is -0.508 e. The van der Waals surface area contributed by atoms with E-state index in [9.17, 15) is 14.9 Å². The van der Waals surface area contributed by atoms with Gasteiger partial charge in [-0.25, -0.2) is 0 Å². The van der Waals surface area contributed by atoms with Gasteiger partial charge in [-0.05, 0) is 24.3 Å². The third-order valence-electron chi connectivity index (χ3n) is 1.67. The monoisotopic (exact) mass is 210 g/mol. The number of aromatic hydroxyl groups is 1. The number of phenolic OH excluding ortho intramolecular Hbond substituents is 1. The van der Waals surface area contributed by atoms with Crippen molar-refractivity contribution in [2.24, 2.45) is 0 Å². The van der Waals surface area contributed by atoms with Gasteiger partial charge < -0.3 is 10.4 Å². The molecule has 0 aliphatic rings. The number of anilines is 1. The van der Waals surface area contributed by atoms with Crippen LogP contribution >= 0.6 is 0 Å². The number of amides is 1. The second-order valence-corrected chi connectivity index (χ2v) is 2.90. The van der Waals surface area contributed by atoms with Gasteiger partial charge >= 0.3 is 0 Å². The SMILES string of the molecule is O=C(CC[N+](=O)[O-])Nc1ccc(O)cc1. The first-order chi connectivity index (χ1) is 7.08. The van der Waals surface area contributed by atoms with Crippen LogP contribution in [0.1, 0.15) is 6.42 Å². The molecule has 0 aliphatic carbocycles. The third kappa shape index (κ3) is 4.08. The van der Waals surface area contributed by atoms with Crippen molar-refractivity contribution in [1.29, 1.82) is 0 Å². The number of hydrogen-bond acceptors (Lipinski definition) is 4. The molecule has 1 aromatic carbocycles. The molecule has 0 fully saturated rings. The van der Waals surface area contributed by atoms with Crippen molar-refractivity contribution in [2.45, 2.75) is 6.42 Å². The minimum absolute atomic E-state index is 0.0956. The highest BCUT2D eigenvalue weighted by Gasteiger charge is 2.06. The van der Waals surface area contributed by atoms with Gasteiger partial charge in [-0.15, -0.1) is 0 Å². The molecule has 0 spiro atoms. The predicted octanol–water partition coefficient (Wildman–Crippen LogP) is 0.997. The summed E-state index contributed by atoms with van der Waals surface area (Å²) in [6.07, 6.45) is -0.159. The van der Waals surface area contributed by atoms with Crippen LogP contribution in [0.15, 0.2) is 24.3 Å². The molecule has 1 rings (SSSR count). The molecule has 0 saturated carbocycles. The second-order valence-electron chi connectivity index (χ2n) is 2.90. The summed E-state index contributed by atoms with van der Waals surface area (Å²) in [6.45, 7) is -0.385. The lowest BCUT2D eigenvalue weighted by Gasteiger charge is -2.02. The lowest BCUT2D eigenvalue weighted by atomic mass is 10.3. The fourth-order valence-electron chi connectivity index (χ4n) is 0.961. The molecule has 0 aromatic heterocycles. The van der Waals surface area contributed by atoms with Gasteiger partial charge in [0.05, 0.1) is 6.42 Å². The lowest BCUT2D eigenvalue weighted by Crippen LogP contribution is -2.15. The molecule has 15 heavy (non-hydrogen) atoms. The summed E-state index contributed by atoms with van der Waals surface area (Å²) in [4.78, 5) is 20.6. The van der Waals surface area contributed by atoms with Crippen LogP contribution in [0.2, 0.25) is 0 Å². The fraction of sp³-hybridized carbons (Fsp3) is 0.222. The van der Waals surface area contributed by atoms with Crippen molar-refractivity contribution in [3.63, 3.8) is 0 Å². The third-order valence-corrected chi connectivity index (χ3v) is 1.67. The largest absolute Gasteiger partial charge is 0.508 e. The number of rotatable bonds is 4. The highest BCUT2D eigenvalue weighted by molar-refractivity contribution is 5.90. The quantitative estimate of drug-likeness (QED) is 0.440. The Hall–Kier alpha value is -2.11. The standard InChI is InChI=1S/C9H10N2O4/c12-8-3-1-7(2-4-8)10-9(13)5-6-11(14)15/h1-4,12H,5-6H2,(H,10,13). The Kier molecular flexibility index (Phi) is 3.61. The van der Waals surface area contributed by atoms with Crippen molar-refractivity contribution >= 4 is 11.6 Å². The smallest absolute Gasteiger partial charge is 0.230 e. The molecule has 0 radical (unpaired) electrons. The van der Waals surface area contributed by atoms with E-state index >= 15 is 0 Å². The van der Waals surface area contributed by atoms with E-state index in [-0.39, 0.29) is 18.7 Å². The van der Waals surface area contributed by atoms with Crippen LogP contribution in [0.25, 0.3) is 0 Å². The Labute approximate surface area is 85.7 Å². The Balaban J connectivity index is 2.44. The van der Waals surface area contributed by atoms with Gasteiger partial charge in [0.15, 0.2) is 0 Å². The van der Waals surface area contributed by atoms with E-state index in [0.29, 0.717) is 5.69 Å². The number of nitrogens with zero attached hydrogens (tertiary/aromatic N) is 1. The molecule has 0 atom stereocenters. The highest BCUT2D eigenvalue weighted by Crippen LogP contribution is 2.13. The minimum atomic E-state index is -0.545. The van der Waals surface area contributed by atoms with E-state index in [1.54, 1.807) is 0 Å². The summed E-state index contributed by atoms with van der Waals surface area (Å²) in [5.41, 5.74) is 0.501. The molecule has 1 aromatic rings. The van der Waals surface area contributed by atoms with E-state index in [1.165, 1.54) is 24.3 Å². The van der Waals surface area contributed by atoms with Crippen LogP contribution in [0.4, 0.5) is 5.69 Å². The van der Waals surface area contributed by atoms with Gasteiger partial charge in [0.2, 0.25) is 12.5 Å². The molecule has 0 unspecified atom stereocenters. The molecule has 0 bridgehead atoms. The number of benzene rings is 1. The first kappa shape index (κ1) is 11.0. The molecule has 0 heterocycles. The van der Waals surface area contributed by atoms with Crippen LogP contribution in [0.3, 0.4) is 0 Å². The molecule has 1 amide bonds. The van der Waals surface area contributed by atoms with Crippen molar-refractivity contribution in [1.82, 2.24) is 0 Å². The molecule has 0 aliphatic heterocycles. The summed E-state index contributed by atoms with van der Waals surface area (Å²) in [5, 5.41) is 21.4. The average Bonchev–Trinajstić information content (AvgIpc) is 2.19. The summed E-state index contributed by atoms with van der Waals surface area (Å²) >= 11 is 0. The van der Waals surface area contributed by atoms with Gasteiger partial charge in [0, 0.05) is 10.6 Å². The summed E-state index contributed by atoms with van der Waals surface area (Å²) in [6, 6.07) is 5.87. The van der Waals surface area contributed by atoms with Crippen molar-refractivity contribution in [2.75, 3.05) is 11.9 Å². The Morgan fingerprint density at radius 3 is 2.53 bits per heavy atom. The maximum absolute atomic E-state index is 11.1.